The maximum atomic E-state index is 3.58. The maximum absolute atomic E-state index is 3.58. The minimum absolute atomic E-state index is 0.941. The van der Waals surface area contributed by atoms with E-state index in [9.17, 15) is 0 Å². The van der Waals surface area contributed by atoms with Crippen molar-refractivity contribution in [2.24, 2.45) is 0 Å². The highest BCUT2D eigenvalue weighted by Crippen LogP contribution is 2.25. The number of aryl methyl sites for hydroxylation is 1. The van der Waals surface area contributed by atoms with Gasteiger partial charge in [-0.3, -0.25) is 0 Å². The van der Waals surface area contributed by atoms with Crippen LogP contribution in [0.3, 0.4) is 0 Å². The quantitative estimate of drug-likeness (QED) is 0.770. The lowest BCUT2D eigenvalue weighted by Gasteiger charge is -2.35. The maximum Gasteiger partial charge on any atom is 0.0408 e. The molecule has 0 amide bonds. The van der Waals surface area contributed by atoms with Crippen LogP contribution in [0.25, 0.3) is 0 Å². The first-order valence-corrected chi connectivity index (χ1v) is 6.92. The van der Waals surface area contributed by atoms with Gasteiger partial charge in [-0.05, 0) is 25.6 Å². The first-order valence-electron chi connectivity index (χ1n) is 5.79. The van der Waals surface area contributed by atoms with Crippen molar-refractivity contribution in [2.45, 2.75) is 12.3 Å². The molecular formula is C13H19BrN2. The van der Waals surface area contributed by atoms with Crippen molar-refractivity contribution < 1.29 is 0 Å². The normalized spacial score (nSPS) is 17.8. The second-order valence-electron chi connectivity index (χ2n) is 4.56. The van der Waals surface area contributed by atoms with Crippen LogP contribution in [0.15, 0.2) is 18.2 Å². The number of hydrogen-bond acceptors (Lipinski definition) is 2. The van der Waals surface area contributed by atoms with Gasteiger partial charge in [-0.2, -0.15) is 0 Å². The topological polar surface area (TPSA) is 6.48 Å². The van der Waals surface area contributed by atoms with Crippen molar-refractivity contribution in [1.29, 1.82) is 0 Å². The fourth-order valence-corrected chi connectivity index (χ4v) is 2.63. The molecule has 1 fully saturated rings. The Morgan fingerprint density at radius 3 is 2.50 bits per heavy atom. The molecule has 0 N–H and O–H groups in total. The Morgan fingerprint density at radius 1 is 1.19 bits per heavy atom. The van der Waals surface area contributed by atoms with Crippen LogP contribution in [0.4, 0.5) is 5.69 Å². The van der Waals surface area contributed by atoms with Gasteiger partial charge >= 0.3 is 0 Å². The number of likely N-dealkylation sites (N-methyl/N-ethyl adjacent to an activating group) is 1. The number of rotatable bonds is 2. The molecule has 0 spiro atoms. The molecule has 0 radical (unpaired) electrons. The van der Waals surface area contributed by atoms with E-state index >= 15 is 0 Å². The van der Waals surface area contributed by atoms with Gasteiger partial charge in [0.2, 0.25) is 0 Å². The molecule has 16 heavy (non-hydrogen) atoms. The lowest BCUT2D eigenvalue weighted by molar-refractivity contribution is 0.312. The number of nitrogens with zero attached hydrogens (tertiary/aromatic N) is 2. The van der Waals surface area contributed by atoms with Crippen molar-refractivity contribution >= 4 is 21.6 Å². The molecule has 0 atom stereocenters. The number of alkyl halides is 1. The Balaban J connectivity index is 2.19. The summed E-state index contributed by atoms with van der Waals surface area (Å²) >= 11 is 3.58. The monoisotopic (exact) mass is 282 g/mol. The Morgan fingerprint density at radius 2 is 1.88 bits per heavy atom. The largest absolute Gasteiger partial charge is 0.369 e. The standard InChI is InChI=1S/C13H19BrN2/c1-11-3-4-13(12(9-11)10-14)16-7-5-15(2)6-8-16/h3-4,9H,5-8,10H2,1-2H3. The molecule has 88 valence electrons. The van der Waals surface area contributed by atoms with E-state index in [1.807, 2.05) is 0 Å². The van der Waals surface area contributed by atoms with E-state index in [1.54, 1.807) is 0 Å². The molecular weight excluding hydrogens is 264 g/mol. The highest BCUT2D eigenvalue weighted by atomic mass is 79.9. The molecule has 0 aromatic heterocycles. The van der Waals surface area contributed by atoms with E-state index in [4.69, 9.17) is 0 Å². The predicted octanol–water partition coefficient (Wildman–Crippen LogP) is 2.64. The number of halogens is 1. The molecule has 1 aromatic carbocycles. The molecule has 0 aliphatic carbocycles. The summed E-state index contributed by atoms with van der Waals surface area (Å²) < 4.78 is 0. The number of hydrogen-bond donors (Lipinski definition) is 0. The van der Waals surface area contributed by atoms with Crippen LogP contribution < -0.4 is 4.90 Å². The molecule has 1 aromatic rings. The summed E-state index contributed by atoms with van der Waals surface area (Å²) in [4.78, 5) is 4.88. The molecule has 2 rings (SSSR count). The highest BCUT2D eigenvalue weighted by molar-refractivity contribution is 9.08. The summed E-state index contributed by atoms with van der Waals surface area (Å²) in [6, 6.07) is 6.75. The third kappa shape index (κ3) is 2.58. The van der Waals surface area contributed by atoms with Crippen molar-refractivity contribution in [3.63, 3.8) is 0 Å². The Labute approximate surface area is 106 Å². The fourth-order valence-electron chi connectivity index (χ4n) is 2.18. The van der Waals surface area contributed by atoms with Crippen LogP contribution in [0.1, 0.15) is 11.1 Å². The van der Waals surface area contributed by atoms with Crippen LogP contribution in [0, 0.1) is 6.92 Å². The molecule has 1 saturated heterocycles. The van der Waals surface area contributed by atoms with Gasteiger partial charge in [-0.15, -0.1) is 0 Å². The zero-order valence-corrected chi connectivity index (χ0v) is 11.6. The summed E-state index contributed by atoms with van der Waals surface area (Å²) in [5.74, 6) is 0. The van der Waals surface area contributed by atoms with E-state index in [2.05, 4.69) is 57.9 Å². The lowest BCUT2D eigenvalue weighted by atomic mass is 10.1. The molecule has 1 aliphatic rings. The van der Waals surface area contributed by atoms with E-state index in [0.29, 0.717) is 0 Å². The second-order valence-corrected chi connectivity index (χ2v) is 5.12. The predicted molar refractivity (Wildman–Crippen MR) is 73.5 cm³/mol. The minimum Gasteiger partial charge on any atom is -0.369 e. The molecule has 0 unspecified atom stereocenters. The fraction of sp³-hybridized carbons (Fsp3) is 0.538. The lowest BCUT2D eigenvalue weighted by Crippen LogP contribution is -2.44. The van der Waals surface area contributed by atoms with Gasteiger partial charge in [0.05, 0.1) is 0 Å². The van der Waals surface area contributed by atoms with Crippen molar-refractivity contribution in [3.05, 3.63) is 29.3 Å². The van der Waals surface area contributed by atoms with Crippen molar-refractivity contribution in [3.8, 4) is 0 Å². The summed E-state index contributed by atoms with van der Waals surface area (Å²) in [5.41, 5.74) is 4.15. The summed E-state index contributed by atoms with van der Waals surface area (Å²) in [6.07, 6.45) is 0. The van der Waals surface area contributed by atoms with Crippen molar-refractivity contribution in [2.75, 3.05) is 38.1 Å². The Bertz CT molecular complexity index is 357. The van der Waals surface area contributed by atoms with E-state index < -0.39 is 0 Å². The zero-order chi connectivity index (χ0) is 11.5. The number of anilines is 1. The SMILES string of the molecule is Cc1ccc(N2CCN(C)CC2)c(CBr)c1. The summed E-state index contributed by atoms with van der Waals surface area (Å²) in [6.45, 7) is 6.75. The van der Waals surface area contributed by atoms with Gasteiger partial charge in [0.15, 0.2) is 0 Å². The van der Waals surface area contributed by atoms with Gasteiger partial charge < -0.3 is 9.80 Å². The average Bonchev–Trinajstić information content (AvgIpc) is 2.30. The molecule has 3 heteroatoms. The van der Waals surface area contributed by atoms with Gasteiger partial charge in [0, 0.05) is 37.2 Å². The Hall–Kier alpha value is -0.540. The third-order valence-electron chi connectivity index (χ3n) is 3.22. The van der Waals surface area contributed by atoms with Crippen molar-refractivity contribution in [1.82, 2.24) is 4.90 Å². The van der Waals surface area contributed by atoms with Crippen LogP contribution >= 0.6 is 15.9 Å². The van der Waals surface area contributed by atoms with Gasteiger partial charge in [-0.1, -0.05) is 33.6 Å². The highest BCUT2D eigenvalue weighted by Gasteiger charge is 2.16. The van der Waals surface area contributed by atoms with Crippen LogP contribution in [-0.2, 0) is 5.33 Å². The van der Waals surface area contributed by atoms with Gasteiger partial charge in [0.25, 0.3) is 0 Å². The number of benzene rings is 1. The third-order valence-corrected chi connectivity index (χ3v) is 3.83. The van der Waals surface area contributed by atoms with Gasteiger partial charge in [0.1, 0.15) is 0 Å². The first-order chi connectivity index (χ1) is 7.70. The van der Waals surface area contributed by atoms with E-state index in [-0.39, 0.29) is 0 Å². The average molecular weight is 283 g/mol. The summed E-state index contributed by atoms with van der Waals surface area (Å²) in [5, 5.41) is 0.941. The molecule has 1 aliphatic heterocycles. The molecule has 0 bridgehead atoms. The minimum atomic E-state index is 0.941. The van der Waals surface area contributed by atoms with Crippen LogP contribution in [0.2, 0.25) is 0 Å². The second kappa shape index (κ2) is 5.19. The smallest absolute Gasteiger partial charge is 0.0408 e. The van der Waals surface area contributed by atoms with E-state index in [1.165, 1.54) is 16.8 Å². The molecule has 1 heterocycles. The zero-order valence-electron chi connectivity index (χ0n) is 10.0. The van der Waals surface area contributed by atoms with Crippen LogP contribution in [-0.4, -0.2) is 38.1 Å². The first kappa shape index (κ1) is 11.9. The molecule has 0 saturated carbocycles. The van der Waals surface area contributed by atoms with Gasteiger partial charge in [-0.25, -0.2) is 0 Å². The number of piperazine rings is 1. The van der Waals surface area contributed by atoms with Crippen LogP contribution in [0.5, 0.6) is 0 Å². The molecule has 2 nitrogen and oxygen atoms in total. The summed E-state index contributed by atoms with van der Waals surface area (Å²) in [7, 11) is 2.19. The van der Waals surface area contributed by atoms with E-state index in [0.717, 1.165) is 31.5 Å². The Kier molecular flexibility index (Phi) is 3.87.